The van der Waals surface area contributed by atoms with Gasteiger partial charge in [-0.25, -0.2) is 0 Å². The lowest BCUT2D eigenvalue weighted by molar-refractivity contribution is -0.123. The molecule has 2 rings (SSSR count). The topological polar surface area (TPSA) is 66.0 Å². The van der Waals surface area contributed by atoms with E-state index in [1.54, 1.807) is 32.4 Å². The number of amides is 1. The summed E-state index contributed by atoms with van der Waals surface area (Å²) in [4.78, 5) is 11.8. The normalized spacial score (nSPS) is 10.2. The van der Waals surface area contributed by atoms with Crippen LogP contribution in [0.3, 0.4) is 0 Å². The average molecular weight is 345 g/mol. The second-order valence-corrected chi connectivity index (χ2v) is 5.23. The largest absolute Gasteiger partial charge is 0.496 e. The molecule has 0 aliphatic heterocycles. The van der Waals surface area contributed by atoms with Crippen LogP contribution in [0.15, 0.2) is 48.5 Å². The van der Waals surface area contributed by atoms with Gasteiger partial charge >= 0.3 is 0 Å². The standard InChI is InChI=1S/C19H23NO5/c1-22-16-10-17(23-2)12-18(11-16)25-14-19(21)20-8-9-24-13-15-6-4-3-5-7-15/h3-7,10-12H,8-9,13-14H2,1-2H3,(H,20,21). The van der Waals surface area contributed by atoms with Gasteiger partial charge in [-0.3, -0.25) is 4.79 Å². The van der Waals surface area contributed by atoms with Gasteiger partial charge in [-0.1, -0.05) is 30.3 Å². The summed E-state index contributed by atoms with van der Waals surface area (Å²) in [6.45, 7) is 1.30. The van der Waals surface area contributed by atoms with Crippen molar-refractivity contribution in [2.24, 2.45) is 0 Å². The third-order valence-corrected chi connectivity index (χ3v) is 3.38. The number of carbonyl (C=O) groups is 1. The number of hydrogen-bond acceptors (Lipinski definition) is 5. The highest BCUT2D eigenvalue weighted by Crippen LogP contribution is 2.27. The minimum atomic E-state index is -0.218. The van der Waals surface area contributed by atoms with Crippen molar-refractivity contribution in [3.63, 3.8) is 0 Å². The fraction of sp³-hybridized carbons (Fsp3) is 0.316. The first-order valence-corrected chi connectivity index (χ1v) is 7.95. The lowest BCUT2D eigenvalue weighted by Crippen LogP contribution is -2.31. The molecule has 0 fully saturated rings. The predicted octanol–water partition coefficient (Wildman–Crippen LogP) is 2.42. The number of carbonyl (C=O) groups excluding carboxylic acids is 1. The van der Waals surface area contributed by atoms with Gasteiger partial charge in [0.15, 0.2) is 6.61 Å². The van der Waals surface area contributed by atoms with Crippen molar-refractivity contribution in [1.82, 2.24) is 5.32 Å². The lowest BCUT2D eigenvalue weighted by Gasteiger charge is -2.10. The highest BCUT2D eigenvalue weighted by molar-refractivity contribution is 5.77. The fourth-order valence-corrected chi connectivity index (χ4v) is 2.09. The number of hydrogen-bond donors (Lipinski definition) is 1. The maximum absolute atomic E-state index is 11.8. The lowest BCUT2D eigenvalue weighted by atomic mass is 10.2. The van der Waals surface area contributed by atoms with Crippen molar-refractivity contribution >= 4 is 5.91 Å². The van der Waals surface area contributed by atoms with E-state index >= 15 is 0 Å². The summed E-state index contributed by atoms with van der Waals surface area (Å²) in [6.07, 6.45) is 0. The van der Waals surface area contributed by atoms with E-state index in [1.807, 2.05) is 30.3 Å². The molecule has 0 unspecified atom stereocenters. The van der Waals surface area contributed by atoms with Crippen molar-refractivity contribution in [2.75, 3.05) is 34.0 Å². The molecule has 0 atom stereocenters. The molecular weight excluding hydrogens is 322 g/mol. The van der Waals surface area contributed by atoms with Gasteiger partial charge in [0.25, 0.3) is 5.91 Å². The molecule has 0 saturated heterocycles. The van der Waals surface area contributed by atoms with Crippen LogP contribution in [0.5, 0.6) is 17.2 Å². The van der Waals surface area contributed by atoms with E-state index in [9.17, 15) is 4.79 Å². The van der Waals surface area contributed by atoms with Crippen molar-refractivity contribution in [3.05, 3.63) is 54.1 Å². The smallest absolute Gasteiger partial charge is 0.258 e. The number of ether oxygens (including phenoxy) is 4. The summed E-state index contributed by atoms with van der Waals surface area (Å²) in [5, 5.41) is 2.74. The summed E-state index contributed by atoms with van der Waals surface area (Å²) in [7, 11) is 3.11. The second kappa shape index (κ2) is 10.2. The molecule has 25 heavy (non-hydrogen) atoms. The molecule has 0 aliphatic carbocycles. The predicted molar refractivity (Wildman–Crippen MR) is 94.1 cm³/mol. The summed E-state index contributed by atoms with van der Waals surface area (Å²) in [5.41, 5.74) is 1.10. The molecule has 0 heterocycles. The Bertz CT molecular complexity index is 638. The molecule has 0 bridgehead atoms. The first kappa shape index (κ1) is 18.6. The first-order chi connectivity index (χ1) is 12.2. The Morgan fingerprint density at radius 3 is 2.24 bits per heavy atom. The van der Waals surface area contributed by atoms with Crippen LogP contribution in [0.1, 0.15) is 5.56 Å². The summed E-state index contributed by atoms with van der Waals surface area (Å²) in [6, 6.07) is 15.0. The molecule has 134 valence electrons. The quantitative estimate of drug-likeness (QED) is 0.670. The Balaban J connectivity index is 1.65. The molecule has 0 saturated carbocycles. The highest BCUT2D eigenvalue weighted by Gasteiger charge is 2.06. The van der Waals surface area contributed by atoms with Crippen molar-refractivity contribution in [3.8, 4) is 17.2 Å². The Labute approximate surface area is 147 Å². The molecule has 6 heteroatoms. The number of benzene rings is 2. The molecule has 1 N–H and O–H groups in total. The SMILES string of the molecule is COc1cc(OC)cc(OCC(=O)NCCOCc2ccccc2)c1. The minimum absolute atomic E-state index is 0.0883. The van der Waals surface area contributed by atoms with Gasteiger partial charge in [-0.15, -0.1) is 0 Å². The third-order valence-electron chi connectivity index (χ3n) is 3.38. The van der Waals surface area contributed by atoms with E-state index in [0.29, 0.717) is 37.0 Å². The Kier molecular flexibility index (Phi) is 7.59. The fourth-order valence-electron chi connectivity index (χ4n) is 2.09. The van der Waals surface area contributed by atoms with Crippen LogP contribution in [0.4, 0.5) is 0 Å². The molecule has 0 radical (unpaired) electrons. The molecule has 1 amide bonds. The van der Waals surface area contributed by atoms with Gasteiger partial charge in [0.2, 0.25) is 0 Å². The van der Waals surface area contributed by atoms with Crippen LogP contribution in [-0.2, 0) is 16.1 Å². The van der Waals surface area contributed by atoms with Crippen LogP contribution in [-0.4, -0.2) is 39.9 Å². The Morgan fingerprint density at radius 1 is 0.960 bits per heavy atom. The summed E-state index contributed by atoms with van der Waals surface area (Å²) < 4.78 is 21.3. The Morgan fingerprint density at radius 2 is 1.60 bits per heavy atom. The zero-order valence-electron chi connectivity index (χ0n) is 14.5. The third kappa shape index (κ3) is 6.73. The van der Waals surface area contributed by atoms with Crippen LogP contribution in [0.25, 0.3) is 0 Å². The zero-order chi connectivity index (χ0) is 17.9. The summed E-state index contributed by atoms with van der Waals surface area (Å²) in [5.74, 6) is 1.49. The van der Waals surface area contributed by atoms with Gasteiger partial charge in [-0.2, -0.15) is 0 Å². The highest BCUT2D eigenvalue weighted by atomic mass is 16.5. The van der Waals surface area contributed by atoms with Crippen LogP contribution in [0.2, 0.25) is 0 Å². The zero-order valence-corrected chi connectivity index (χ0v) is 14.5. The van der Waals surface area contributed by atoms with E-state index in [0.717, 1.165) is 5.56 Å². The first-order valence-electron chi connectivity index (χ1n) is 7.95. The van der Waals surface area contributed by atoms with Crippen LogP contribution in [0, 0.1) is 0 Å². The average Bonchev–Trinajstić information content (AvgIpc) is 2.66. The maximum Gasteiger partial charge on any atom is 0.258 e. The van der Waals surface area contributed by atoms with Gasteiger partial charge in [-0.05, 0) is 5.56 Å². The molecule has 0 spiro atoms. The van der Waals surface area contributed by atoms with Crippen molar-refractivity contribution in [2.45, 2.75) is 6.61 Å². The van der Waals surface area contributed by atoms with Crippen molar-refractivity contribution < 1.29 is 23.7 Å². The van der Waals surface area contributed by atoms with Gasteiger partial charge < -0.3 is 24.3 Å². The van der Waals surface area contributed by atoms with Crippen LogP contribution < -0.4 is 19.5 Å². The van der Waals surface area contributed by atoms with Crippen LogP contribution >= 0.6 is 0 Å². The maximum atomic E-state index is 11.8. The number of nitrogens with one attached hydrogen (secondary N) is 1. The molecule has 2 aromatic carbocycles. The molecular formula is C19H23NO5. The monoisotopic (exact) mass is 345 g/mol. The molecule has 0 aromatic heterocycles. The van der Waals surface area contributed by atoms with Gasteiger partial charge in [0, 0.05) is 24.7 Å². The number of rotatable bonds is 10. The van der Waals surface area contributed by atoms with Gasteiger partial charge in [0.1, 0.15) is 17.2 Å². The van der Waals surface area contributed by atoms with E-state index < -0.39 is 0 Å². The van der Waals surface area contributed by atoms with E-state index in [-0.39, 0.29) is 12.5 Å². The van der Waals surface area contributed by atoms with E-state index in [1.165, 1.54) is 0 Å². The Hall–Kier alpha value is -2.73. The number of methoxy groups -OCH3 is 2. The van der Waals surface area contributed by atoms with Gasteiger partial charge in [0.05, 0.1) is 27.4 Å². The van der Waals surface area contributed by atoms with Crippen molar-refractivity contribution in [1.29, 1.82) is 0 Å². The van der Waals surface area contributed by atoms with E-state index in [4.69, 9.17) is 18.9 Å². The molecule has 0 aliphatic rings. The second-order valence-electron chi connectivity index (χ2n) is 5.23. The molecule has 6 nitrogen and oxygen atoms in total. The molecule has 2 aromatic rings. The summed E-state index contributed by atoms with van der Waals surface area (Å²) >= 11 is 0. The van der Waals surface area contributed by atoms with E-state index in [2.05, 4.69) is 5.32 Å². The minimum Gasteiger partial charge on any atom is -0.496 e.